The maximum atomic E-state index is 8.92. The predicted octanol–water partition coefficient (Wildman–Crippen LogP) is 5.11. The van der Waals surface area contributed by atoms with Crippen molar-refractivity contribution in [2.24, 2.45) is 17.8 Å². The molecule has 0 heterocycles. The van der Waals surface area contributed by atoms with Crippen LogP contribution < -0.4 is 0 Å². The maximum absolute atomic E-state index is 8.92. The lowest BCUT2D eigenvalue weighted by molar-refractivity contribution is 0.151. The Morgan fingerprint density at radius 2 is 1.59 bits per heavy atom. The lowest BCUT2D eigenvalue weighted by Gasteiger charge is -2.29. The summed E-state index contributed by atoms with van der Waals surface area (Å²) in [6.07, 6.45) is 11.4. The van der Waals surface area contributed by atoms with Crippen LogP contribution in [0.2, 0.25) is 0 Å². The molecule has 0 aliphatic heterocycles. The summed E-state index contributed by atoms with van der Waals surface area (Å²) in [7, 11) is 0. The Morgan fingerprint density at radius 3 is 2.00 bits per heavy atom. The van der Waals surface area contributed by atoms with Crippen LogP contribution in [-0.2, 0) is 0 Å². The van der Waals surface area contributed by atoms with Gasteiger partial charge in [0.05, 0.1) is 6.61 Å². The van der Waals surface area contributed by atoms with Crippen LogP contribution >= 0.6 is 0 Å². The Morgan fingerprint density at radius 1 is 1.00 bits per heavy atom. The molecular weight excluding hydrogens is 272 g/mol. The first-order valence-electron chi connectivity index (χ1n) is 8.91. The third-order valence-electron chi connectivity index (χ3n) is 4.62. The van der Waals surface area contributed by atoms with Gasteiger partial charge in [-0.1, -0.05) is 37.1 Å². The highest BCUT2D eigenvalue weighted by molar-refractivity contribution is 5.01. The van der Waals surface area contributed by atoms with Crippen molar-refractivity contribution < 1.29 is 10.2 Å². The molecule has 0 aromatic heterocycles. The second-order valence-corrected chi connectivity index (χ2v) is 7.26. The molecule has 130 valence electrons. The summed E-state index contributed by atoms with van der Waals surface area (Å²) in [6, 6.07) is 0. The fourth-order valence-corrected chi connectivity index (χ4v) is 2.88. The first-order chi connectivity index (χ1) is 10.4. The van der Waals surface area contributed by atoms with Gasteiger partial charge in [0.1, 0.15) is 0 Å². The molecule has 22 heavy (non-hydrogen) atoms. The van der Waals surface area contributed by atoms with E-state index in [1.165, 1.54) is 36.8 Å². The molecule has 0 spiro atoms. The van der Waals surface area contributed by atoms with Crippen LogP contribution in [0, 0.1) is 17.8 Å². The normalized spacial score (nSPS) is 22.1. The molecule has 1 aliphatic carbocycles. The average Bonchev–Trinajstić information content (AvgIpc) is 2.48. The fourth-order valence-electron chi connectivity index (χ4n) is 2.88. The molecule has 1 fully saturated rings. The van der Waals surface area contributed by atoms with Gasteiger partial charge in [-0.25, -0.2) is 0 Å². The third-order valence-corrected chi connectivity index (χ3v) is 4.62. The Labute approximate surface area is 138 Å². The number of hydrogen-bond donors (Lipinski definition) is 2. The smallest absolute Gasteiger partial charge is 0.0614 e. The van der Waals surface area contributed by atoms with E-state index in [1.807, 2.05) is 6.08 Å². The Balaban J connectivity index is 0.000000401. The standard InChI is InChI=1S/C10H20O.C10H18O/c1-8(2)10-5-3-9(7-11)4-6-10;1-9(2)5-4-6-10(3)7-8-11/h8-11H,3-7H2,1-2H3;5,7,11H,4,6,8H2,1-3H3. The van der Waals surface area contributed by atoms with Gasteiger partial charge in [0.25, 0.3) is 0 Å². The van der Waals surface area contributed by atoms with Gasteiger partial charge in [0, 0.05) is 6.61 Å². The summed E-state index contributed by atoms with van der Waals surface area (Å²) in [5, 5.41) is 17.5. The van der Waals surface area contributed by atoms with Crippen molar-refractivity contribution in [2.45, 2.75) is 73.1 Å². The number of rotatable bonds is 6. The van der Waals surface area contributed by atoms with Gasteiger partial charge >= 0.3 is 0 Å². The van der Waals surface area contributed by atoms with E-state index in [4.69, 9.17) is 10.2 Å². The molecule has 0 atom stereocenters. The minimum absolute atomic E-state index is 0.167. The van der Waals surface area contributed by atoms with E-state index < -0.39 is 0 Å². The molecule has 1 aliphatic rings. The lowest BCUT2D eigenvalue weighted by atomic mass is 9.77. The third kappa shape index (κ3) is 11.0. The average molecular weight is 311 g/mol. The van der Waals surface area contributed by atoms with Crippen LogP contribution in [0.25, 0.3) is 0 Å². The van der Waals surface area contributed by atoms with Gasteiger partial charge in [0.15, 0.2) is 0 Å². The fraction of sp³-hybridized carbons (Fsp3) is 0.800. The summed E-state index contributed by atoms with van der Waals surface area (Å²) in [5.41, 5.74) is 2.63. The first kappa shape index (κ1) is 21.4. The van der Waals surface area contributed by atoms with Crippen LogP contribution in [0.1, 0.15) is 73.1 Å². The highest BCUT2D eigenvalue weighted by Crippen LogP contribution is 2.32. The number of allylic oxidation sites excluding steroid dienone is 3. The van der Waals surface area contributed by atoms with Gasteiger partial charge in [0.2, 0.25) is 0 Å². The molecule has 0 saturated heterocycles. The molecule has 0 bridgehead atoms. The van der Waals surface area contributed by atoms with Gasteiger partial charge in [-0.05, 0) is 77.0 Å². The molecular formula is C20H38O2. The zero-order valence-corrected chi connectivity index (χ0v) is 15.4. The summed E-state index contributed by atoms with van der Waals surface area (Å²) in [5.74, 6) is 2.39. The minimum atomic E-state index is 0.167. The molecule has 1 rings (SSSR count). The van der Waals surface area contributed by atoms with Crippen LogP contribution in [-0.4, -0.2) is 23.4 Å². The molecule has 2 nitrogen and oxygen atoms in total. The number of aliphatic hydroxyl groups is 2. The number of aliphatic hydroxyl groups excluding tert-OH is 2. The van der Waals surface area contributed by atoms with Crippen LogP contribution in [0.5, 0.6) is 0 Å². The summed E-state index contributed by atoms with van der Waals surface area (Å²) in [6.45, 7) is 11.4. The van der Waals surface area contributed by atoms with Crippen molar-refractivity contribution in [3.05, 3.63) is 23.3 Å². The summed E-state index contributed by atoms with van der Waals surface area (Å²) < 4.78 is 0. The van der Waals surface area contributed by atoms with Crippen LogP contribution in [0.3, 0.4) is 0 Å². The topological polar surface area (TPSA) is 40.5 Å². The summed E-state index contributed by atoms with van der Waals surface area (Å²) >= 11 is 0. The highest BCUT2D eigenvalue weighted by atomic mass is 16.3. The van der Waals surface area contributed by atoms with E-state index in [0.717, 1.165) is 24.7 Å². The Hall–Kier alpha value is -0.600. The van der Waals surface area contributed by atoms with Gasteiger partial charge in [-0.15, -0.1) is 0 Å². The van der Waals surface area contributed by atoms with Crippen molar-refractivity contribution in [1.82, 2.24) is 0 Å². The lowest BCUT2D eigenvalue weighted by Crippen LogP contribution is -2.20. The van der Waals surface area contributed by atoms with Crippen LogP contribution in [0.4, 0.5) is 0 Å². The molecule has 0 aromatic carbocycles. The maximum Gasteiger partial charge on any atom is 0.0614 e. The van der Waals surface area contributed by atoms with E-state index >= 15 is 0 Å². The molecule has 0 aromatic rings. The van der Waals surface area contributed by atoms with Crippen molar-refractivity contribution in [3.63, 3.8) is 0 Å². The second-order valence-electron chi connectivity index (χ2n) is 7.26. The Kier molecular flexibility index (Phi) is 12.5. The molecule has 0 amide bonds. The van der Waals surface area contributed by atoms with Crippen molar-refractivity contribution in [3.8, 4) is 0 Å². The largest absolute Gasteiger partial charge is 0.396 e. The molecule has 2 N–H and O–H groups in total. The molecule has 0 radical (unpaired) electrons. The van der Waals surface area contributed by atoms with Crippen molar-refractivity contribution >= 4 is 0 Å². The molecule has 0 unspecified atom stereocenters. The first-order valence-corrected chi connectivity index (χ1v) is 8.91. The zero-order chi connectivity index (χ0) is 17.0. The van der Waals surface area contributed by atoms with E-state index in [1.54, 1.807) is 0 Å². The van der Waals surface area contributed by atoms with Gasteiger partial charge < -0.3 is 10.2 Å². The van der Waals surface area contributed by atoms with E-state index in [0.29, 0.717) is 12.5 Å². The highest BCUT2D eigenvalue weighted by Gasteiger charge is 2.22. The predicted molar refractivity (Wildman–Crippen MR) is 96.9 cm³/mol. The number of hydrogen-bond acceptors (Lipinski definition) is 2. The van der Waals surface area contributed by atoms with Gasteiger partial charge in [-0.2, -0.15) is 0 Å². The van der Waals surface area contributed by atoms with E-state index in [2.05, 4.69) is 40.7 Å². The van der Waals surface area contributed by atoms with Crippen molar-refractivity contribution in [1.29, 1.82) is 0 Å². The zero-order valence-electron chi connectivity index (χ0n) is 15.4. The Bertz CT molecular complexity index is 317. The quantitative estimate of drug-likeness (QED) is 0.669. The molecule has 2 heteroatoms. The van der Waals surface area contributed by atoms with Crippen LogP contribution in [0.15, 0.2) is 23.3 Å². The minimum Gasteiger partial charge on any atom is -0.396 e. The SMILES string of the molecule is CC(C)=CCCC(C)=CCO.CC(C)C1CCC(CO)CC1. The van der Waals surface area contributed by atoms with E-state index in [-0.39, 0.29) is 6.61 Å². The van der Waals surface area contributed by atoms with E-state index in [9.17, 15) is 0 Å². The monoisotopic (exact) mass is 310 g/mol. The van der Waals surface area contributed by atoms with Gasteiger partial charge in [-0.3, -0.25) is 0 Å². The summed E-state index contributed by atoms with van der Waals surface area (Å²) in [4.78, 5) is 0. The van der Waals surface area contributed by atoms with Crippen molar-refractivity contribution in [2.75, 3.05) is 13.2 Å². The molecule has 1 saturated carbocycles. The second kappa shape index (κ2) is 12.9.